The van der Waals surface area contributed by atoms with E-state index >= 15 is 0 Å². The molecule has 2 heteroatoms. The average Bonchev–Trinajstić information content (AvgIpc) is 3.41. The van der Waals surface area contributed by atoms with Gasteiger partial charge in [0.15, 0.2) is 0 Å². The molecule has 0 saturated carbocycles. The monoisotopic (exact) mass is 617 g/mol. The second kappa shape index (κ2) is 33.7. The van der Waals surface area contributed by atoms with E-state index < -0.39 is 0 Å². The van der Waals surface area contributed by atoms with Crippen LogP contribution in [0.1, 0.15) is 239 Å². The van der Waals surface area contributed by atoms with Crippen LogP contribution >= 0.6 is 0 Å². The van der Waals surface area contributed by atoms with Crippen molar-refractivity contribution >= 4 is 0 Å². The van der Waals surface area contributed by atoms with Crippen LogP contribution in [-0.2, 0) is 0 Å². The van der Waals surface area contributed by atoms with Crippen molar-refractivity contribution in [1.82, 2.24) is 9.80 Å². The summed E-state index contributed by atoms with van der Waals surface area (Å²) in [5.74, 6) is 0. The Labute approximate surface area is 280 Å². The summed E-state index contributed by atoms with van der Waals surface area (Å²) in [6, 6.07) is 0. The Morgan fingerprint density at radius 1 is 0.295 bits per heavy atom. The topological polar surface area (TPSA) is 6.48 Å². The Kier molecular flexibility index (Phi) is 31.7. The highest BCUT2D eigenvalue weighted by atomic mass is 15.4. The largest absolute Gasteiger partial charge is 0.356 e. The molecule has 0 aliphatic carbocycles. The van der Waals surface area contributed by atoms with Crippen LogP contribution in [0.2, 0.25) is 0 Å². The van der Waals surface area contributed by atoms with Crippen molar-refractivity contribution in [3.05, 3.63) is 12.4 Å². The quantitative estimate of drug-likeness (QED) is 0.0646. The number of unbranched alkanes of at least 4 members (excludes halogenated alkanes) is 30. The molecule has 0 N–H and O–H groups in total. The lowest BCUT2D eigenvalue weighted by Gasteiger charge is -2.33. The highest BCUT2D eigenvalue weighted by Crippen LogP contribution is 2.23. The Morgan fingerprint density at radius 2 is 0.568 bits per heavy atom. The minimum absolute atomic E-state index is 0.637. The highest BCUT2D eigenvalue weighted by molar-refractivity contribution is 4.96. The zero-order chi connectivity index (χ0) is 31.6. The SMILES string of the molecule is CCCCCCCCCCCCCCCCCCCN1C=CN(CCC)C1CCCCCCCCCCCCCCCCC. The van der Waals surface area contributed by atoms with E-state index in [1.807, 2.05) is 0 Å². The summed E-state index contributed by atoms with van der Waals surface area (Å²) in [5.41, 5.74) is 0. The third kappa shape index (κ3) is 25.5. The van der Waals surface area contributed by atoms with Gasteiger partial charge in [-0.25, -0.2) is 0 Å². The van der Waals surface area contributed by atoms with Crippen molar-refractivity contribution in [3.8, 4) is 0 Å². The predicted molar refractivity (Wildman–Crippen MR) is 200 cm³/mol. The van der Waals surface area contributed by atoms with Crippen LogP contribution in [0.25, 0.3) is 0 Å². The minimum Gasteiger partial charge on any atom is -0.356 e. The summed E-state index contributed by atoms with van der Waals surface area (Å²) < 4.78 is 0. The molecule has 0 radical (unpaired) electrons. The first-order valence-electron chi connectivity index (χ1n) is 21.0. The van der Waals surface area contributed by atoms with Crippen LogP contribution in [-0.4, -0.2) is 29.1 Å². The average molecular weight is 617 g/mol. The minimum atomic E-state index is 0.637. The molecule has 44 heavy (non-hydrogen) atoms. The van der Waals surface area contributed by atoms with Crippen molar-refractivity contribution in [2.45, 2.75) is 245 Å². The second-order valence-electron chi connectivity index (χ2n) is 14.6. The second-order valence-corrected chi connectivity index (χ2v) is 14.6. The molecular weight excluding hydrogens is 532 g/mol. The summed E-state index contributed by atoms with van der Waals surface area (Å²) in [7, 11) is 0. The van der Waals surface area contributed by atoms with Crippen LogP contribution < -0.4 is 0 Å². The zero-order valence-corrected chi connectivity index (χ0v) is 31.1. The number of hydrogen-bond donors (Lipinski definition) is 0. The molecule has 1 aliphatic heterocycles. The van der Waals surface area contributed by atoms with Gasteiger partial charge in [0, 0.05) is 25.5 Å². The Balaban J connectivity index is 1.95. The van der Waals surface area contributed by atoms with Gasteiger partial charge in [-0.1, -0.05) is 213 Å². The highest BCUT2D eigenvalue weighted by Gasteiger charge is 2.24. The molecule has 0 aromatic rings. The van der Waals surface area contributed by atoms with Crippen molar-refractivity contribution in [2.24, 2.45) is 0 Å². The first kappa shape index (κ1) is 41.4. The van der Waals surface area contributed by atoms with Gasteiger partial charge in [0.05, 0.1) is 0 Å². The van der Waals surface area contributed by atoms with Gasteiger partial charge in [-0.2, -0.15) is 0 Å². The first-order chi connectivity index (χ1) is 21.8. The first-order valence-corrected chi connectivity index (χ1v) is 21.0. The molecule has 262 valence electrons. The van der Waals surface area contributed by atoms with Gasteiger partial charge in [-0.15, -0.1) is 0 Å². The van der Waals surface area contributed by atoms with Gasteiger partial charge >= 0.3 is 0 Å². The lowest BCUT2D eigenvalue weighted by molar-refractivity contribution is 0.137. The lowest BCUT2D eigenvalue weighted by Crippen LogP contribution is -2.39. The molecular formula is C42H84N2. The third-order valence-corrected chi connectivity index (χ3v) is 10.3. The van der Waals surface area contributed by atoms with E-state index in [1.54, 1.807) is 0 Å². The van der Waals surface area contributed by atoms with Crippen LogP contribution in [0.3, 0.4) is 0 Å². The summed E-state index contributed by atoms with van der Waals surface area (Å²) in [4.78, 5) is 5.32. The smallest absolute Gasteiger partial charge is 0.101 e. The van der Waals surface area contributed by atoms with Gasteiger partial charge in [0.25, 0.3) is 0 Å². The maximum absolute atomic E-state index is 2.69. The van der Waals surface area contributed by atoms with Crippen molar-refractivity contribution in [3.63, 3.8) is 0 Å². The number of rotatable bonds is 36. The molecule has 2 nitrogen and oxygen atoms in total. The van der Waals surface area contributed by atoms with Gasteiger partial charge in [0.1, 0.15) is 6.17 Å². The predicted octanol–water partition coefficient (Wildman–Crippen LogP) is 14.7. The van der Waals surface area contributed by atoms with Crippen molar-refractivity contribution < 1.29 is 0 Å². The number of nitrogens with zero attached hydrogens (tertiary/aromatic N) is 2. The Hall–Kier alpha value is -0.660. The fraction of sp³-hybridized carbons (Fsp3) is 0.952. The van der Waals surface area contributed by atoms with E-state index in [2.05, 4.69) is 43.0 Å². The van der Waals surface area contributed by atoms with E-state index in [4.69, 9.17) is 0 Å². The molecule has 0 fully saturated rings. The lowest BCUT2D eigenvalue weighted by atomic mass is 10.0. The summed E-state index contributed by atoms with van der Waals surface area (Å²) in [5, 5.41) is 0. The maximum Gasteiger partial charge on any atom is 0.101 e. The van der Waals surface area contributed by atoms with E-state index in [0.717, 1.165) is 0 Å². The van der Waals surface area contributed by atoms with Gasteiger partial charge in [-0.3, -0.25) is 0 Å². The molecule has 1 atom stereocenters. The fourth-order valence-electron chi connectivity index (χ4n) is 7.31. The van der Waals surface area contributed by atoms with Gasteiger partial charge in [-0.05, 0) is 25.7 Å². The zero-order valence-electron chi connectivity index (χ0n) is 31.1. The standard InChI is InChI=1S/C42H84N2/c1-4-7-9-11-13-15-17-19-21-22-24-26-28-30-32-34-36-39-44-41-40-43(38-6-3)42(44)37-35-33-31-29-27-25-23-20-18-16-14-12-10-8-5-2/h40-42H,4-39H2,1-3H3. The van der Waals surface area contributed by atoms with E-state index in [9.17, 15) is 0 Å². The van der Waals surface area contributed by atoms with Crippen LogP contribution in [0.5, 0.6) is 0 Å². The van der Waals surface area contributed by atoms with Crippen molar-refractivity contribution in [2.75, 3.05) is 13.1 Å². The van der Waals surface area contributed by atoms with E-state index in [1.165, 1.54) is 231 Å². The van der Waals surface area contributed by atoms with Crippen LogP contribution in [0, 0.1) is 0 Å². The molecule has 0 spiro atoms. The van der Waals surface area contributed by atoms with Gasteiger partial charge in [0.2, 0.25) is 0 Å². The fourth-order valence-corrected chi connectivity index (χ4v) is 7.31. The Bertz CT molecular complexity index is 572. The van der Waals surface area contributed by atoms with Gasteiger partial charge < -0.3 is 9.80 Å². The maximum atomic E-state index is 2.69. The third-order valence-electron chi connectivity index (χ3n) is 10.3. The summed E-state index contributed by atoms with van der Waals surface area (Å²) in [6.45, 7) is 9.43. The van der Waals surface area contributed by atoms with Crippen LogP contribution in [0.15, 0.2) is 12.4 Å². The van der Waals surface area contributed by atoms with E-state index in [-0.39, 0.29) is 0 Å². The van der Waals surface area contributed by atoms with E-state index in [0.29, 0.717) is 6.17 Å². The summed E-state index contributed by atoms with van der Waals surface area (Å²) in [6.07, 6.45) is 54.6. The molecule has 0 bridgehead atoms. The van der Waals surface area contributed by atoms with Crippen molar-refractivity contribution in [1.29, 1.82) is 0 Å². The normalized spacial score (nSPS) is 14.8. The molecule has 0 amide bonds. The molecule has 0 aromatic carbocycles. The molecule has 0 aromatic heterocycles. The number of hydrogen-bond acceptors (Lipinski definition) is 2. The Morgan fingerprint density at radius 3 is 0.886 bits per heavy atom. The summed E-state index contributed by atoms with van der Waals surface area (Å²) >= 11 is 0. The molecule has 1 rings (SSSR count). The molecule has 0 saturated heterocycles. The molecule has 1 unspecified atom stereocenters. The molecule has 1 heterocycles. The molecule has 1 aliphatic rings. The van der Waals surface area contributed by atoms with Crippen LogP contribution in [0.4, 0.5) is 0 Å².